The van der Waals surface area contributed by atoms with Crippen molar-refractivity contribution in [1.29, 1.82) is 0 Å². The summed E-state index contributed by atoms with van der Waals surface area (Å²) in [5.74, 6) is 0. The molecule has 0 N–H and O–H groups in total. The third-order valence-corrected chi connectivity index (χ3v) is 22.8. The molecular formula is C26H60O2Si3. The zero-order chi connectivity index (χ0) is 23.6. The van der Waals surface area contributed by atoms with E-state index in [1.54, 1.807) is 0 Å². The molecule has 0 unspecified atom stereocenters. The van der Waals surface area contributed by atoms with Gasteiger partial charge in [0.2, 0.25) is 0 Å². The standard InChI is InChI=1S/C26H60O2Si3/c1-9-15-17-19-21-23-25-31(27-29(7,11-3)12-4,28-30(8,13-5)14-6)26-24-22-20-18-16-10-2/h9-26H2,1-8H3. The third kappa shape index (κ3) is 13.8. The number of hydrogen-bond acceptors (Lipinski definition) is 2. The van der Waals surface area contributed by atoms with Gasteiger partial charge < -0.3 is 8.23 Å². The molecule has 31 heavy (non-hydrogen) atoms. The van der Waals surface area contributed by atoms with Crippen LogP contribution in [0.15, 0.2) is 0 Å². The summed E-state index contributed by atoms with van der Waals surface area (Å²) in [4.78, 5) is 0. The Morgan fingerprint density at radius 2 is 0.710 bits per heavy atom. The fourth-order valence-corrected chi connectivity index (χ4v) is 18.9. The Balaban J connectivity index is 5.42. The van der Waals surface area contributed by atoms with Gasteiger partial charge in [0.1, 0.15) is 0 Å². The van der Waals surface area contributed by atoms with Crippen LogP contribution in [0.4, 0.5) is 0 Å². The van der Waals surface area contributed by atoms with Crippen molar-refractivity contribution >= 4 is 25.2 Å². The summed E-state index contributed by atoms with van der Waals surface area (Å²) >= 11 is 0. The molecule has 188 valence electrons. The van der Waals surface area contributed by atoms with Gasteiger partial charge in [-0.25, -0.2) is 0 Å². The highest BCUT2D eigenvalue weighted by Crippen LogP contribution is 2.36. The molecule has 0 aromatic rings. The van der Waals surface area contributed by atoms with Crippen LogP contribution in [0.2, 0.25) is 49.4 Å². The van der Waals surface area contributed by atoms with Gasteiger partial charge in [0, 0.05) is 0 Å². The summed E-state index contributed by atoms with van der Waals surface area (Å²) in [7, 11) is -5.49. The van der Waals surface area contributed by atoms with Crippen LogP contribution in [0, 0.1) is 0 Å². The predicted octanol–water partition coefficient (Wildman–Crippen LogP) is 10.4. The minimum Gasteiger partial charge on any atom is -0.436 e. The first-order chi connectivity index (χ1) is 14.8. The van der Waals surface area contributed by atoms with E-state index in [4.69, 9.17) is 8.23 Å². The maximum absolute atomic E-state index is 7.37. The fraction of sp³-hybridized carbons (Fsp3) is 1.00. The molecule has 0 bridgehead atoms. The summed E-state index contributed by atoms with van der Waals surface area (Å²) in [6.07, 6.45) is 16.4. The molecule has 2 nitrogen and oxygen atoms in total. The maximum atomic E-state index is 7.37. The average molecular weight is 489 g/mol. The van der Waals surface area contributed by atoms with E-state index in [1.165, 1.54) is 113 Å². The van der Waals surface area contributed by atoms with Gasteiger partial charge in [0.15, 0.2) is 16.6 Å². The number of rotatable bonds is 22. The van der Waals surface area contributed by atoms with Crippen LogP contribution in [0.3, 0.4) is 0 Å². The maximum Gasteiger partial charge on any atom is 0.317 e. The Morgan fingerprint density at radius 3 is 1.00 bits per heavy atom. The second-order valence-corrected chi connectivity index (χ2v) is 23.5. The van der Waals surface area contributed by atoms with Crippen LogP contribution in [-0.4, -0.2) is 25.2 Å². The van der Waals surface area contributed by atoms with Crippen molar-refractivity contribution in [1.82, 2.24) is 0 Å². The Morgan fingerprint density at radius 1 is 0.419 bits per heavy atom. The lowest BCUT2D eigenvalue weighted by Crippen LogP contribution is -2.57. The second kappa shape index (κ2) is 18.0. The van der Waals surface area contributed by atoms with Gasteiger partial charge in [0.05, 0.1) is 0 Å². The van der Waals surface area contributed by atoms with Gasteiger partial charge in [-0.05, 0) is 49.4 Å². The fourth-order valence-electron chi connectivity index (χ4n) is 4.39. The van der Waals surface area contributed by atoms with Crippen molar-refractivity contribution in [3.63, 3.8) is 0 Å². The number of unbranched alkanes of at least 4 members (excludes halogenated alkanes) is 10. The van der Waals surface area contributed by atoms with Gasteiger partial charge in [-0.15, -0.1) is 0 Å². The zero-order valence-corrected chi connectivity index (χ0v) is 26.0. The van der Waals surface area contributed by atoms with E-state index in [9.17, 15) is 0 Å². The second-order valence-electron chi connectivity index (χ2n) is 10.5. The third-order valence-electron chi connectivity index (χ3n) is 7.68. The molecule has 0 aliphatic carbocycles. The lowest BCUT2D eigenvalue weighted by atomic mass is 10.1. The molecule has 5 heteroatoms. The summed E-state index contributed by atoms with van der Waals surface area (Å²) in [5.41, 5.74) is 0. The van der Waals surface area contributed by atoms with Crippen LogP contribution in [0.25, 0.3) is 0 Å². The molecule has 0 rings (SSSR count). The van der Waals surface area contributed by atoms with Crippen molar-refractivity contribution in [3.8, 4) is 0 Å². The van der Waals surface area contributed by atoms with Crippen molar-refractivity contribution in [3.05, 3.63) is 0 Å². The average Bonchev–Trinajstić information content (AvgIpc) is 2.78. The summed E-state index contributed by atoms with van der Waals surface area (Å²) in [5, 5.41) is 0. The first-order valence-corrected chi connectivity index (χ1v) is 22.1. The van der Waals surface area contributed by atoms with Crippen LogP contribution >= 0.6 is 0 Å². The molecule has 0 spiro atoms. The van der Waals surface area contributed by atoms with Gasteiger partial charge in [-0.2, -0.15) is 0 Å². The Bertz CT molecular complexity index is 371. The highest BCUT2D eigenvalue weighted by molar-refractivity contribution is 6.89. The first-order valence-electron chi connectivity index (χ1n) is 14.2. The van der Waals surface area contributed by atoms with E-state index >= 15 is 0 Å². The molecule has 0 radical (unpaired) electrons. The molecule has 0 aliphatic rings. The van der Waals surface area contributed by atoms with Crippen LogP contribution in [-0.2, 0) is 8.23 Å². The molecule has 0 fully saturated rings. The highest BCUT2D eigenvalue weighted by Gasteiger charge is 2.46. The molecule has 0 saturated carbocycles. The zero-order valence-electron chi connectivity index (χ0n) is 23.0. The topological polar surface area (TPSA) is 18.5 Å². The lowest BCUT2D eigenvalue weighted by molar-refractivity contribution is 0.354. The molecule has 0 amide bonds. The molecular weight excluding hydrogens is 429 g/mol. The Hall–Kier alpha value is 0.571. The van der Waals surface area contributed by atoms with Crippen molar-refractivity contribution in [2.75, 3.05) is 0 Å². The van der Waals surface area contributed by atoms with Crippen LogP contribution in [0.5, 0.6) is 0 Å². The smallest absolute Gasteiger partial charge is 0.317 e. The lowest BCUT2D eigenvalue weighted by Gasteiger charge is -2.44. The monoisotopic (exact) mass is 488 g/mol. The van der Waals surface area contributed by atoms with Crippen molar-refractivity contribution < 1.29 is 8.23 Å². The molecule has 0 heterocycles. The van der Waals surface area contributed by atoms with Crippen molar-refractivity contribution in [2.24, 2.45) is 0 Å². The van der Waals surface area contributed by atoms with E-state index in [-0.39, 0.29) is 0 Å². The van der Waals surface area contributed by atoms with Gasteiger partial charge in [-0.1, -0.05) is 119 Å². The largest absolute Gasteiger partial charge is 0.436 e. The Kier molecular flexibility index (Phi) is 18.3. The summed E-state index contributed by atoms with van der Waals surface area (Å²) in [6, 6.07) is 7.41. The summed E-state index contributed by atoms with van der Waals surface area (Å²) < 4.78 is 14.7. The van der Waals surface area contributed by atoms with Gasteiger partial charge in [0.25, 0.3) is 0 Å². The quantitative estimate of drug-likeness (QED) is 0.111. The molecule has 0 atom stereocenters. The van der Waals surface area contributed by atoms with Gasteiger partial charge >= 0.3 is 8.56 Å². The first kappa shape index (κ1) is 31.6. The van der Waals surface area contributed by atoms with E-state index < -0.39 is 25.2 Å². The van der Waals surface area contributed by atoms with Crippen LogP contribution < -0.4 is 0 Å². The molecule has 0 aromatic heterocycles. The predicted molar refractivity (Wildman–Crippen MR) is 149 cm³/mol. The summed E-state index contributed by atoms with van der Waals surface area (Å²) in [6.45, 7) is 19.0. The van der Waals surface area contributed by atoms with E-state index in [1.807, 2.05) is 0 Å². The Labute approximate surface area is 201 Å². The van der Waals surface area contributed by atoms with E-state index in [0.29, 0.717) is 0 Å². The molecule has 0 aromatic carbocycles. The minimum atomic E-state index is -2.16. The van der Waals surface area contributed by atoms with Crippen molar-refractivity contribution in [2.45, 2.75) is 168 Å². The van der Waals surface area contributed by atoms with Crippen LogP contribution in [0.1, 0.15) is 119 Å². The molecule has 0 aliphatic heterocycles. The molecule has 0 saturated heterocycles. The van der Waals surface area contributed by atoms with E-state index in [2.05, 4.69) is 54.6 Å². The SMILES string of the molecule is CCCCCCCC[Si](CCCCCCCC)(O[Si](C)(CC)CC)O[Si](C)(CC)CC. The number of hydrogen-bond donors (Lipinski definition) is 0. The minimum absolute atomic E-state index is 1.23. The normalized spacial score (nSPS) is 13.2. The van der Waals surface area contributed by atoms with Gasteiger partial charge in [-0.3, -0.25) is 0 Å². The van der Waals surface area contributed by atoms with E-state index in [0.717, 1.165) is 0 Å². The highest BCUT2D eigenvalue weighted by atomic mass is 28.5.